The van der Waals surface area contributed by atoms with Gasteiger partial charge in [-0.1, -0.05) is 36.8 Å². The molecule has 0 saturated carbocycles. The first kappa shape index (κ1) is 15.5. The molecule has 1 heterocycles. The number of nitrogens with zero attached hydrogens (tertiary/aromatic N) is 1. The summed E-state index contributed by atoms with van der Waals surface area (Å²) >= 11 is 0. The summed E-state index contributed by atoms with van der Waals surface area (Å²) in [4.78, 5) is 0. The smallest absolute Gasteiger partial charge is 0.218 e. The molecule has 2 rings (SSSR count). The molecule has 1 aliphatic rings. The van der Waals surface area contributed by atoms with Crippen molar-refractivity contribution < 1.29 is 13.5 Å². The van der Waals surface area contributed by atoms with Crippen molar-refractivity contribution in [1.82, 2.24) is 4.31 Å². The van der Waals surface area contributed by atoms with Gasteiger partial charge < -0.3 is 5.11 Å². The number of rotatable bonds is 4. The highest BCUT2D eigenvalue weighted by molar-refractivity contribution is 7.88. The van der Waals surface area contributed by atoms with Crippen LogP contribution in [0.25, 0.3) is 0 Å². The number of piperidine rings is 1. The SMILES string of the molecule is Cc1cccc(CS(=O)(=O)N2CCCC(C)C2CO)c1. The van der Waals surface area contributed by atoms with Crippen molar-refractivity contribution in [3.63, 3.8) is 0 Å². The van der Waals surface area contributed by atoms with E-state index >= 15 is 0 Å². The minimum atomic E-state index is -3.37. The molecule has 5 heteroatoms. The van der Waals surface area contributed by atoms with Crippen molar-refractivity contribution in [3.8, 4) is 0 Å². The van der Waals surface area contributed by atoms with Crippen LogP contribution in [0.15, 0.2) is 24.3 Å². The third kappa shape index (κ3) is 3.40. The average Bonchev–Trinajstić information content (AvgIpc) is 2.38. The fourth-order valence-corrected chi connectivity index (χ4v) is 4.78. The van der Waals surface area contributed by atoms with E-state index < -0.39 is 10.0 Å². The number of aryl methyl sites for hydroxylation is 1. The van der Waals surface area contributed by atoms with Gasteiger partial charge in [0, 0.05) is 6.54 Å². The van der Waals surface area contributed by atoms with Gasteiger partial charge in [-0.3, -0.25) is 0 Å². The van der Waals surface area contributed by atoms with Crippen molar-refractivity contribution >= 4 is 10.0 Å². The second-order valence-corrected chi connectivity index (χ2v) is 7.65. The Morgan fingerprint density at radius 2 is 2.15 bits per heavy atom. The predicted molar refractivity (Wildman–Crippen MR) is 79.8 cm³/mol. The van der Waals surface area contributed by atoms with Gasteiger partial charge in [0.05, 0.1) is 18.4 Å². The van der Waals surface area contributed by atoms with E-state index in [2.05, 4.69) is 0 Å². The quantitative estimate of drug-likeness (QED) is 0.923. The first-order chi connectivity index (χ1) is 9.44. The number of aliphatic hydroxyl groups is 1. The maximum Gasteiger partial charge on any atom is 0.218 e. The molecule has 1 saturated heterocycles. The van der Waals surface area contributed by atoms with Crippen LogP contribution >= 0.6 is 0 Å². The lowest BCUT2D eigenvalue weighted by atomic mass is 9.93. The Morgan fingerprint density at radius 1 is 1.40 bits per heavy atom. The molecular weight excluding hydrogens is 274 g/mol. The molecule has 2 atom stereocenters. The Morgan fingerprint density at radius 3 is 2.80 bits per heavy atom. The molecule has 0 radical (unpaired) electrons. The molecule has 1 aliphatic heterocycles. The third-order valence-electron chi connectivity index (χ3n) is 4.04. The molecule has 1 N–H and O–H groups in total. The second kappa shape index (κ2) is 6.24. The van der Waals surface area contributed by atoms with E-state index in [0.717, 1.165) is 24.0 Å². The Balaban J connectivity index is 2.21. The van der Waals surface area contributed by atoms with Crippen LogP contribution in [-0.4, -0.2) is 37.0 Å². The van der Waals surface area contributed by atoms with Gasteiger partial charge in [0.25, 0.3) is 0 Å². The highest BCUT2D eigenvalue weighted by Gasteiger charge is 2.35. The summed E-state index contributed by atoms with van der Waals surface area (Å²) in [5.74, 6) is 0.221. The Kier molecular flexibility index (Phi) is 4.83. The molecule has 4 nitrogen and oxygen atoms in total. The van der Waals surface area contributed by atoms with Crippen LogP contribution in [0, 0.1) is 12.8 Å². The van der Waals surface area contributed by atoms with Crippen LogP contribution in [0.4, 0.5) is 0 Å². The van der Waals surface area contributed by atoms with Crippen molar-refractivity contribution in [3.05, 3.63) is 35.4 Å². The summed E-state index contributed by atoms with van der Waals surface area (Å²) in [6, 6.07) is 7.29. The highest BCUT2D eigenvalue weighted by Crippen LogP contribution is 2.27. The average molecular weight is 297 g/mol. The molecule has 112 valence electrons. The zero-order valence-electron chi connectivity index (χ0n) is 12.1. The zero-order chi connectivity index (χ0) is 14.8. The van der Waals surface area contributed by atoms with E-state index in [4.69, 9.17) is 0 Å². The largest absolute Gasteiger partial charge is 0.395 e. The Labute approximate surface area is 121 Å². The molecule has 0 bridgehead atoms. The van der Waals surface area contributed by atoms with Crippen molar-refractivity contribution in [2.75, 3.05) is 13.2 Å². The maximum absolute atomic E-state index is 12.6. The molecule has 1 fully saturated rings. The molecule has 0 amide bonds. The fourth-order valence-electron chi connectivity index (χ4n) is 2.92. The Hall–Kier alpha value is -0.910. The van der Waals surface area contributed by atoms with Crippen molar-refractivity contribution in [2.24, 2.45) is 5.92 Å². The zero-order valence-corrected chi connectivity index (χ0v) is 12.9. The van der Waals surface area contributed by atoms with Crippen molar-refractivity contribution in [1.29, 1.82) is 0 Å². The molecular formula is C15H23NO3S. The highest BCUT2D eigenvalue weighted by atomic mass is 32.2. The van der Waals surface area contributed by atoms with E-state index in [-0.39, 0.29) is 24.3 Å². The number of sulfonamides is 1. The first-order valence-electron chi connectivity index (χ1n) is 7.10. The molecule has 0 spiro atoms. The van der Waals surface area contributed by atoms with Gasteiger partial charge in [0.1, 0.15) is 0 Å². The van der Waals surface area contributed by atoms with Gasteiger partial charge in [-0.25, -0.2) is 8.42 Å². The van der Waals surface area contributed by atoms with Gasteiger partial charge in [0.15, 0.2) is 0 Å². The molecule has 1 aromatic rings. The topological polar surface area (TPSA) is 57.6 Å². The van der Waals surface area contributed by atoms with E-state index in [9.17, 15) is 13.5 Å². The molecule has 1 aromatic carbocycles. The van der Waals surface area contributed by atoms with Crippen LogP contribution in [-0.2, 0) is 15.8 Å². The molecule has 0 aromatic heterocycles. The summed E-state index contributed by atoms with van der Waals surface area (Å²) < 4.78 is 26.7. The number of hydrogen-bond acceptors (Lipinski definition) is 3. The van der Waals surface area contributed by atoms with Crippen LogP contribution < -0.4 is 0 Å². The van der Waals surface area contributed by atoms with E-state index in [1.165, 1.54) is 4.31 Å². The number of hydrogen-bond donors (Lipinski definition) is 1. The second-order valence-electron chi connectivity index (χ2n) is 5.73. The number of aliphatic hydroxyl groups excluding tert-OH is 1. The van der Waals surface area contributed by atoms with Crippen molar-refractivity contribution in [2.45, 2.75) is 38.5 Å². The normalized spacial score (nSPS) is 24.8. The summed E-state index contributed by atoms with van der Waals surface area (Å²) in [6.45, 7) is 4.38. The lowest BCUT2D eigenvalue weighted by molar-refractivity contribution is 0.113. The third-order valence-corrected chi connectivity index (χ3v) is 5.91. The van der Waals surface area contributed by atoms with E-state index in [1.807, 2.05) is 38.1 Å². The molecule has 20 heavy (non-hydrogen) atoms. The summed E-state index contributed by atoms with van der Waals surface area (Å²) in [7, 11) is -3.37. The number of benzene rings is 1. The molecule has 2 unspecified atom stereocenters. The van der Waals surface area contributed by atoms with Crippen LogP contribution in [0.2, 0.25) is 0 Å². The van der Waals surface area contributed by atoms with Crippen LogP contribution in [0.1, 0.15) is 30.9 Å². The monoisotopic (exact) mass is 297 g/mol. The van der Waals surface area contributed by atoms with E-state index in [1.54, 1.807) is 0 Å². The lowest BCUT2D eigenvalue weighted by Crippen LogP contribution is -2.49. The standard InChI is InChI=1S/C15H23NO3S/c1-12-5-3-7-14(9-12)11-20(18,19)16-8-4-6-13(2)15(16)10-17/h3,5,7,9,13,15,17H,4,6,8,10-11H2,1-2H3. The summed E-state index contributed by atoms with van der Waals surface area (Å²) in [6.07, 6.45) is 1.84. The van der Waals surface area contributed by atoms with Crippen LogP contribution in [0.3, 0.4) is 0 Å². The van der Waals surface area contributed by atoms with Gasteiger partial charge in [-0.05, 0) is 31.2 Å². The minimum Gasteiger partial charge on any atom is -0.395 e. The predicted octanol–water partition coefficient (Wildman–Crippen LogP) is 1.92. The van der Waals surface area contributed by atoms with Gasteiger partial charge in [-0.2, -0.15) is 4.31 Å². The minimum absolute atomic E-state index is 0.0118. The lowest BCUT2D eigenvalue weighted by Gasteiger charge is -2.37. The van der Waals surface area contributed by atoms with Gasteiger partial charge >= 0.3 is 0 Å². The van der Waals surface area contributed by atoms with Gasteiger partial charge in [-0.15, -0.1) is 0 Å². The summed E-state index contributed by atoms with van der Waals surface area (Å²) in [5.41, 5.74) is 1.86. The first-order valence-corrected chi connectivity index (χ1v) is 8.71. The maximum atomic E-state index is 12.6. The van der Waals surface area contributed by atoms with Crippen LogP contribution in [0.5, 0.6) is 0 Å². The van der Waals surface area contributed by atoms with Gasteiger partial charge in [0.2, 0.25) is 10.0 Å². The summed E-state index contributed by atoms with van der Waals surface area (Å²) in [5, 5.41) is 9.50. The fraction of sp³-hybridized carbons (Fsp3) is 0.600. The molecule has 0 aliphatic carbocycles. The van der Waals surface area contributed by atoms with E-state index in [0.29, 0.717) is 6.54 Å². The Bertz CT molecular complexity index is 556.